The molecule has 3 heteroatoms. The Balaban J connectivity index is 1.57. The summed E-state index contributed by atoms with van der Waals surface area (Å²) in [6, 6.07) is 9.91. The molecule has 1 saturated heterocycles. The minimum atomic E-state index is 0.140. The molecule has 0 N–H and O–H groups in total. The molecule has 1 amide bonds. The van der Waals surface area contributed by atoms with E-state index in [1.165, 1.54) is 12.8 Å². The van der Waals surface area contributed by atoms with E-state index in [9.17, 15) is 4.79 Å². The van der Waals surface area contributed by atoms with Crippen LogP contribution in [0.5, 0.6) is 5.75 Å². The third-order valence-electron chi connectivity index (χ3n) is 4.45. The molecule has 2 fully saturated rings. The topological polar surface area (TPSA) is 29.5 Å². The lowest BCUT2D eigenvalue weighted by atomic mass is 10.0. The number of para-hydroxylation sites is 1. The van der Waals surface area contributed by atoms with Gasteiger partial charge in [0.15, 0.2) is 0 Å². The van der Waals surface area contributed by atoms with Gasteiger partial charge in [0.1, 0.15) is 11.9 Å². The maximum Gasteiger partial charge on any atom is 0.225 e. The fraction of sp³-hybridized carbons (Fsp3) is 0.588. The van der Waals surface area contributed by atoms with Crippen molar-refractivity contribution in [2.75, 3.05) is 13.1 Å². The molecule has 1 heterocycles. The molecule has 0 radical (unpaired) electrons. The lowest BCUT2D eigenvalue weighted by Gasteiger charge is -2.34. The van der Waals surface area contributed by atoms with Crippen LogP contribution in [-0.4, -0.2) is 30.0 Å². The van der Waals surface area contributed by atoms with Crippen LogP contribution in [0.15, 0.2) is 30.3 Å². The third-order valence-corrected chi connectivity index (χ3v) is 4.45. The largest absolute Gasteiger partial charge is 0.489 e. The number of benzene rings is 1. The molecule has 2 aliphatic rings. The Bertz CT molecular complexity index is 455. The second-order valence-electron chi connectivity index (χ2n) is 6.11. The highest BCUT2D eigenvalue weighted by Gasteiger charge is 2.36. The highest BCUT2D eigenvalue weighted by Crippen LogP contribution is 2.37. The van der Waals surface area contributed by atoms with E-state index in [0.717, 1.165) is 31.7 Å². The van der Waals surface area contributed by atoms with Gasteiger partial charge in [0.2, 0.25) is 5.91 Å². The quantitative estimate of drug-likeness (QED) is 0.843. The molecular formula is C17H23NO2. The van der Waals surface area contributed by atoms with Crippen molar-refractivity contribution in [2.45, 2.75) is 38.7 Å². The lowest BCUT2D eigenvalue weighted by molar-refractivity contribution is -0.138. The van der Waals surface area contributed by atoms with Gasteiger partial charge in [-0.1, -0.05) is 25.1 Å². The predicted octanol–water partition coefficient (Wildman–Crippen LogP) is 3.10. The summed E-state index contributed by atoms with van der Waals surface area (Å²) in [6.45, 7) is 3.72. The van der Waals surface area contributed by atoms with Crippen LogP contribution in [0.1, 0.15) is 32.6 Å². The minimum Gasteiger partial charge on any atom is -0.489 e. The summed E-state index contributed by atoms with van der Waals surface area (Å²) >= 11 is 0. The summed E-state index contributed by atoms with van der Waals surface area (Å²) in [5, 5.41) is 0. The number of amides is 1. The van der Waals surface area contributed by atoms with Gasteiger partial charge in [-0.05, 0) is 43.7 Å². The van der Waals surface area contributed by atoms with E-state index >= 15 is 0 Å². The Morgan fingerprint density at radius 3 is 2.70 bits per heavy atom. The van der Waals surface area contributed by atoms with Crippen LogP contribution >= 0.6 is 0 Å². The minimum absolute atomic E-state index is 0.140. The first-order valence-electron chi connectivity index (χ1n) is 7.74. The fourth-order valence-corrected chi connectivity index (χ4v) is 3.01. The molecule has 0 aromatic heterocycles. The summed E-state index contributed by atoms with van der Waals surface area (Å²) in [5.74, 6) is 2.07. The van der Waals surface area contributed by atoms with E-state index in [0.29, 0.717) is 11.8 Å². The highest BCUT2D eigenvalue weighted by molar-refractivity contribution is 5.79. The lowest BCUT2D eigenvalue weighted by Crippen LogP contribution is -2.46. The molecule has 1 aliphatic carbocycles. The van der Waals surface area contributed by atoms with Gasteiger partial charge in [0.25, 0.3) is 0 Å². The average molecular weight is 273 g/mol. The van der Waals surface area contributed by atoms with Crippen LogP contribution < -0.4 is 4.74 Å². The van der Waals surface area contributed by atoms with E-state index in [1.54, 1.807) is 0 Å². The van der Waals surface area contributed by atoms with E-state index < -0.39 is 0 Å². The zero-order chi connectivity index (χ0) is 13.9. The zero-order valence-corrected chi connectivity index (χ0v) is 12.1. The van der Waals surface area contributed by atoms with Crippen molar-refractivity contribution >= 4 is 5.91 Å². The van der Waals surface area contributed by atoms with Crippen LogP contribution in [-0.2, 0) is 4.79 Å². The molecule has 1 aliphatic heterocycles. The van der Waals surface area contributed by atoms with E-state index in [4.69, 9.17) is 4.74 Å². The standard InChI is InChI=1S/C17H23NO2/c1-13(14-9-10-14)17(19)18-11-5-8-16(12-18)20-15-6-3-2-4-7-15/h2-4,6-7,13-14,16H,5,8-12H2,1H3. The Hall–Kier alpha value is -1.51. The summed E-state index contributed by atoms with van der Waals surface area (Å²) in [4.78, 5) is 14.5. The molecule has 1 saturated carbocycles. The molecule has 108 valence electrons. The van der Waals surface area contributed by atoms with Crippen molar-refractivity contribution in [3.8, 4) is 5.75 Å². The van der Waals surface area contributed by atoms with E-state index in [-0.39, 0.29) is 12.0 Å². The van der Waals surface area contributed by atoms with Crippen molar-refractivity contribution < 1.29 is 9.53 Å². The molecule has 1 aromatic rings. The Morgan fingerprint density at radius 1 is 1.25 bits per heavy atom. The van der Waals surface area contributed by atoms with Gasteiger partial charge in [-0.25, -0.2) is 0 Å². The number of ether oxygens (including phenoxy) is 1. The number of rotatable bonds is 4. The Kier molecular flexibility index (Phi) is 3.95. The van der Waals surface area contributed by atoms with Crippen molar-refractivity contribution in [2.24, 2.45) is 11.8 Å². The zero-order valence-electron chi connectivity index (χ0n) is 12.1. The van der Waals surface area contributed by atoms with Gasteiger partial charge in [0, 0.05) is 12.5 Å². The molecule has 20 heavy (non-hydrogen) atoms. The number of nitrogens with zero attached hydrogens (tertiary/aromatic N) is 1. The van der Waals surface area contributed by atoms with Gasteiger partial charge in [-0.3, -0.25) is 4.79 Å². The molecule has 1 aromatic carbocycles. The first-order valence-corrected chi connectivity index (χ1v) is 7.74. The van der Waals surface area contributed by atoms with Crippen molar-refractivity contribution in [1.29, 1.82) is 0 Å². The molecule has 3 rings (SSSR count). The van der Waals surface area contributed by atoms with Crippen LogP contribution in [0.3, 0.4) is 0 Å². The second-order valence-corrected chi connectivity index (χ2v) is 6.11. The van der Waals surface area contributed by atoms with Gasteiger partial charge >= 0.3 is 0 Å². The monoisotopic (exact) mass is 273 g/mol. The van der Waals surface area contributed by atoms with E-state index in [2.05, 4.69) is 6.92 Å². The second kappa shape index (κ2) is 5.86. The number of hydrogen-bond donors (Lipinski definition) is 0. The van der Waals surface area contributed by atoms with Crippen LogP contribution in [0, 0.1) is 11.8 Å². The first kappa shape index (κ1) is 13.5. The van der Waals surface area contributed by atoms with Gasteiger partial charge in [-0.15, -0.1) is 0 Å². The highest BCUT2D eigenvalue weighted by atomic mass is 16.5. The normalized spacial score (nSPS) is 24.2. The summed E-state index contributed by atoms with van der Waals surface area (Å²) in [7, 11) is 0. The van der Waals surface area contributed by atoms with Crippen molar-refractivity contribution in [3.63, 3.8) is 0 Å². The number of piperidine rings is 1. The van der Waals surface area contributed by atoms with Crippen molar-refractivity contribution in [1.82, 2.24) is 4.90 Å². The Morgan fingerprint density at radius 2 is 2.00 bits per heavy atom. The van der Waals surface area contributed by atoms with Crippen molar-refractivity contribution in [3.05, 3.63) is 30.3 Å². The Labute approximate surface area is 120 Å². The maximum absolute atomic E-state index is 12.4. The number of carbonyl (C=O) groups is 1. The van der Waals surface area contributed by atoms with E-state index in [1.807, 2.05) is 35.2 Å². The van der Waals surface area contributed by atoms with Gasteiger partial charge < -0.3 is 9.64 Å². The van der Waals surface area contributed by atoms with Crippen LogP contribution in [0.2, 0.25) is 0 Å². The van der Waals surface area contributed by atoms with Crippen LogP contribution in [0.4, 0.5) is 0 Å². The summed E-state index contributed by atoms with van der Waals surface area (Å²) in [6.07, 6.45) is 4.67. The predicted molar refractivity (Wildman–Crippen MR) is 78.6 cm³/mol. The average Bonchev–Trinajstić information content (AvgIpc) is 3.32. The molecule has 3 nitrogen and oxygen atoms in total. The smallest absolute Gasteiger partial charge is 0.225 e. The number of carbonyl (C=O) groups excluding carboxylic acids is 1. The van der Waals surface area contributed by atoms with Gasteiger partial charge in [-0.2, -0.15) is 0 Å². The fourth-order valence-electron chi connectivity index (χ4n) is 3.01. The molecule has 2 unspecified atom stereocenters. The number of hydrogen-bond acceptors (Lipinski definition) is 2. The maximum atomic E-state index is 12.4. The molecule has 0 spiro atoms. The summed E-state index contributed by atoms with van der Waals surface area (Å²) in [5.41, 5.74) is 0. The molecule has 2 atom stereocenters. The number of likely N-dealkylation sites (tertiary alicyclic amines) is 1. The third kappa shape index (κ3) is 3.14. The summed E-state index contributed by atoms with van der Waals surface area (Å²) < 4.78 is 6.00. The SMILES string of the molecule is CC(C(=O)N1CCCC(Oc2ccccc2)C1)C1CC1. The molecular weight excluding hydrogens is 250 g/mol. The molecule has 0 bridgehead atoms. The van der Waals surface area contributed by atoms with Crippen LogP contribution in [0.25, 0.3) is 0 Å². The first-order chi connectivity index (χ1) is 9.74. The van der Waals surface area contributed by atoms with Gasteiger partial charge in [0.05, 0.1) is 6.54 Å².